The number of benzene rings is 2. The number of aliphatic hydroxyl groups excluding tert-OH is 1. The van der Waals surface area contributed by atoms with Crippen LogP contribution >= 0.6 is 27.7 Å². The Balaban J connectivity index is 1.58. The average molecular weight is 578 g/mol. The van der Waals surface area contributed by atoms with Crippen LogP contribution in [0.15, 0.2) is 53.0 Å². The second-order valence-corrected chi connectivity index (χ2v) is 11.9. The van der Waals surface area contributed by atoms with Crippen molar-refractivity contribution in [2.45, 2.75) is 63.7 Å². The van der Waals surface area contributed by atoms with Crippen molar-refractivity contribution in [3.05, 3.63) is 69.7 Å². The molecule has 1 heterocycles. The van der Waals surface area contributed by atoms with Gasteiger partial charge in [-0.1, -0.05) is 52.3 Å². The number of rotatable bonds is 8. The van der Waals surface area contributed by atoms with E-state index < -0.39 is 34.9 Å². The molecule has 0 spiro atoms. The lowest BCUT2D eigenvalue weighted by Gasteiger charge is -2.32. The molecular formula is C26H33BrN4O4S. The van der Waals surface area contributed by atoms with Gasteiger partial charge in [0.25, 0.3) is 5.91 Å². The van der Waals surface area contributed by atoms with Gasteiger partial charge in [-0.3, -0.25) is 9.59 Å². The fourth-order valence-corrected chi connectivity index (χ4v) is 5.41. The molecule has 3 unspecified atom stereocenters. The van der Waals surface area contributed by atoms with Crippen molar-refractivity contribution >= 4 is 45.5 Å². The Morgan fingerprint density at radius 3 is 2.44 bits per heavy atom. The van der Waals surface area contributed by atoms with Gasteiger partial charge in [-0.25, -0.2) is 4.79 Å². The third-order valence-electron chi connectivity index (χ3n) is 6.24. The maximum Gasteiger partial charge on any atom is 0.315 e. The number of hydrogen-bond donors (Lipinski definition) is 4. The minimum absolute atomic E-state index is 0.272. The number of hydrogen-bond acceptors (Lipinski definition) is 5. The highest BCUT2D eigenvalue weighted by Gasteiger charge is 2.49. The van der Waals surface area contributed by atoms with Gasteiger partial charge in [0.05, 0.1) is 11.9 Å². The minimum atomic E-state index is -1.50. The molecule has 1 saturated heterocycles. The smallest absolute Gasteiger partial charge is 0.315 e. The number of aryl methyl sites for hydroxylation is 1. The Kier molecular flexibility index (Phi) is 9.43. The molecule has 0 bridgehead atoms. The summed E-state index contributed by atoms with van der Waals surface area (Å²) in [6, 6.07) is 13.2. The summed E-state index contributed by atoms with van der Waals surface area (Å²) in [7, 11) is 0. The van der Waals surface area contributed by atoms with E-state index in [0.29, 0.717) is 13.1 Å². The van der Waals surface area contributed by atoms with E-state index in [4.69, 9.17) is 0 Å². The molecule has 1 aliphatic rings. The molecule has 2 aromatic carbocycles. The zero-order valence-electron chi connectivity index (χ0n) is 20.9. The molecule has 4 N–H and O–H groups in total. The molecule has 0 aliphatic carbocycles. The molecule has 3 atom stereocenters. The van der Waals surface area contributed by atoms with Crippen LogP contribution in [0.4, 0.5) is 4.79 Å². The average Bonchev–Trinajstić information content (AvgIpc) is 3.16. The van der Waals surface area contributed by atoms with E-state index in [9.17, 15) is 19.5 Å². The SMILES string of the molecule is Cc1ccccc1CNC(=O)C1N(C(=O)C(O)C(C)NC(=O)NCc2ccc(Br)cc2)CSC1(C)C. The first-order chi connectivity index (χ1) is 17.0. The van der Waals surface area contributed by atoms with E-state index in [1.165, 1.54) is 16.7 Å². The van der Waals surface area contributed by atoms with Gasteiger partial charge in [0, 0.05) is 22.3 Å². The van der Waals surface area contributed by atoms with Crippen LogP contribution in [0.3, 0.4) is 0 Å². The summed E-state index contributed by atoms with van der Waals surface area (Å²) in [6.07, 6.45) is -1.50. The molecule has 1 aliphatic heterocycles. The quantitative estimate of drug-likeness (QED) is 0.385. The number of urea groups is 1. The van der Waals surface area contributed by atoms with E-state index >= 15 is 0 Å². The van der Waals surface area contributed by atoms with Crippen LogP contribution in [0, 0.1) is 6.92 Å². The monoisotopic (exact) mass is 576 g/mol. The Bertz CT molecular complexity index is 1100. The molecule has 194 valence electrons. The largest absolute Gasteiger partial charge is 0.381 e. The summed E-state index contributed by atoms with van der Waals surface area (Å²) in [4.78, 5) is 40.1. The predicted octanol–water partition coefficient (Wildman–Crippen LogP) is 3.30. The first-order valence-corrected chi connectivity index (χ1v) is 13.5. The molecule has 3 rings (SSSR count). The van der Waals surface area contributed by atoms with Gasteiger partial charge in [0.15, 0.2) is 6.10 Å². The van der Waals surface area contributed by atoms with Gasteiger partial charge in [-0.2, -0.15) is 0 Å². The van der Waals surface area contributed by atoms with Gasteiger partial charge >= 0.3 is 6.03 Å². The third-order valence-corrected chi connectivity index (χ3v) is 8.15. The first kappa shape index (κ1) is 28.0. The summed E-state index contributed by atoms with van der Waals surface area (Å²) >= 11 is 4.84. The van der Waals surface area contributed by atoms with Crippen LogP contribution < -0.4 is 16.0 Å². The van der Waals surface area contributed by atoms with Crippen molar-refractivity contribution in [1.29, 1.82) is 0 Å². The fraction of sp³-hybridized carbons (Fsp3) is 0.423. The van der Waals surface area contributed by atoms with Crippen molar-refractivity contribution in [1.82, 2.24) is 20.9 Å². The van der Waals surface area contributed by atoms with Gasteiger partial charge in [-0.15, -0.1) is 11.8 Å². The minimum Gasteiger partial charge on any atom is -0.381 e. The lowest BCUT2D eigenvalue weighted by Crippen LogP contribution is -2.58. The number of nitrogens with zero attached hydrogens (tertiary/aromatic N) is 1. The number of thioether (sulfide) groups is 1. The topological polar surface area (TPSA) is 111 Å². The summed E-state index contributed by atoms with van der Waals surface area (Å²) in [5, 5.41) is 19.0. The Morgan fingerprint density at radius 1 is 1.11 bits per heavy atom. The van der Waals surface area contributed by atoms with E-state index in [0.717, 1.165) is 21.2 Å². The first-order valence-electron chi connectivity index (χ1n) is 11.7. The highest BCUT2D eigenvalue weighted by molar-refractivity contribution is 9.10. The fourth-order valence-electron chi connectivity index (χ4n) is 4.01. The second kappa shape index (κ2) is 12.1. The lowest BCUT2D eigenvalue weighted by atomic mass is 9.99. The number of amides is 4. The Hall–Kier alpha value is -2.56. The number of carbonyl (C=O) groups excluding carboxylic acids is 3. The lowest BCUT2D eigenvalue weighted by molar-refractivity contribution is -0.147. The number of nitrogens with one attached hydrogen (secondary N) is 3. The van der Waals surface area contributed by atoms with E-state index in [1.807, 2.05) is 69.3 Å². The standard InChI is InChI=1S/C26H33BrN4O4S/c1-16-7-5-6-8-19(16)14-28-23(33)22-26(3,4)36-15-31(22)24(34)21(32)17(2)30-25(35)29-13-18-9-11-20(27)12-10-18/h5-12,17,21-22,32H,13-15H2,1-4H3,(H,28,33)(H2,29,30,35). The summed E-state index contributed by atoms with van der Waals surface area (Å²) in [6.45, 7) is 8.01. The zero-order valence-corrected chi connectivity index (χ0v) is 23.3. The van der Waals surface area contributed by atoms with Crippen molar-refractivity contribution < 1.29 is 19.5 Å². The van der Waals surface area contributed by atoms with Gasteiger partial charge < -0.3 is 26.0 Å². The van der Waals surface area contributed by atoms with Crippen molar-refractivity contribution in [2.75, 3.05) is 5.88 Å². The Labute approximate surface area is 224 Å². The molecule has 2 aromatic rings. The molecule has 0 saturated carbocycles. The maximum absolute atomic E-state index is 13.2. The van der Waals surface area contributed by atoms with Crippen LogP contribution in [0.5, 0.6) is 0 Å². The molecule has 0 radical (unpaired) electrons. The number of halogens is 1. The summed E-state index contributed by atoms with van der Waals surface area (Å²) in [5.41, 5.74) is 2.98. The number of carbonyl (C=O) groups is 3. The molecule has 10 heteroatoms. The molecule has 8 nitrogen and oxygen atoms in total. The van der Waals surface area contributed by atoms with Gasteiger partial charge in [0.1, 0.15) is 6.04 Å². The molecule has 1 fully saturated rings. The Morgan fingerprint density at radius 2 is 1.78 bits per heavy atom. The van der Waals surface area contributed by atoms with Crippen LogP contribution in [0.25, 0.3) is 0 Å². The van der Waals surface area contributed by atoms with E-state index in [-0.39, 0.29) is 11.8 Å². The molecule has 4 amide bonds. The van der Waals surface area contributed by atoms with Gasteiger partial charge in [0.2, 0.25) is 5.91 Å². The van der Waals surface area contributed by atoms with Crippen LogP contribution in [0.1, 0.15) is 37.5 Å². The molecule has 0 aromatic heterocycles. The number of aliphatic hydroxyl groups is 1. The highest BCUT2D eigenvalue weighted by atomic mass is 79.9. The van der Waals surface area contributed by atoms with Crippen LogP contribution in [0.2, 0.25) is 0 Å². The van der Waals surface area contributed by atoms with Crippen molar-refractivity contribution in [3.63, 3.8) is 0 Å². The van der Waals surface area contributed by atoms with Crippen molar-refractivity contribution in [3.8, 4) is 0 Å². The predicted molar refractivity (Wildman–Crippen MR) is 145 cm³/mol. The van der Waals surface area contributed by atoms with E-state index in [2.05, 4.69) is 31.9 Å². The maximum atomic E-state index is 13.2. The second-order valence-electron chi connectivity index (χ2n) is 9.42. The normalized spacial score (nSPS) is 18.3. The third kappa shape index (κ3) is 7.02. The van der Waals surface area contributed by atoms with Crippen LogP contribution in [-0.2, 0) is 22.7 Å². The highest BCUT2D eigenvalue weighted by Crippen LogP contribution is 2.39. The zero-order chi connectivity index (χ0) is 26.5. The van der Waals surface area contributed by atoms with Gasteiger partial charge in [-0.05, 0) is 56.5 Å². The van der Waals surface area contributed by atoms with Crippen LogP contribution in [-0.4, -0.2) is 56.7 Å². The molecular weight excluding hydrogens is 544 g/mol. The summed E-state index contributed by atoms with van der Waals surface area (Å²) in [5.74, 6) is -0.597. The molecule has 36 heavy (non-hydrogen) atoms. The van der Waals surface area contributed by atoms with E-state index in [1.54, 1.807) is 6.92 Å². The van der Waals surface area contributed by atoms with Crippen molar-refractivity contribution in [2.24, 2.45) is 0 Å². The summed E-state index contributed by atoms with van der Waals surface area (Å²) < 4.78 is 0.403.